The van der Waals surface area contributed by atoms with Crippen LogP contribution < -0.4 is 0 Å². The molecule has 4 rings (SSSR count). The highest BCUT2D eigenvalue weighted by Gasteiger charge is 2.29. The molecule has 5 nitrogen and oxygen atoms in total. The van der Waals surface area contributed by atoms with E-state index in [9.17, 15) is 4.79 Å². The highest BCUT2D eigenvalue weighted by Crippen LogP contribution is 2.31. The summed E-state index contributed by atoms with van der Waals surface area (Å²) in [4.78, 5) is 14.8. The first-order chi connectivity index (χ1) is 12.3. The number of carbonyl (C=O) groups excluding carboxylic acids is 1. The van der Waals surface area contributed by atoms with Crippen molar-refractivity contribution in [2.45, 2.75) is 89.5 Å². The fourth-order valence-electron chi connectivity index (χ4n) is 5.01. The summed E-state index contributed by atoms with van der Waals surface area (Å²) in [7, 11) is 0. The average Bonchev–Trinajstić information content (AvgIpc) is 3.25. The molecule has 25 heavy (non-hydrogen) atoms. The Balaban J connectivity index is 1.37. The number of fused-ring (bicyclic) bond motifs is 1. The Morgan fingerprint density at radius 1 is 0.960 bits per heavy atom. The lowest BCUT2D eigenvalue weighted by Crippen LogP contribution is -2.39. The van der Waals surface area contributed by atoms with Crippen molar-refractivity contribution in [3.63, 3.8) is 0 Å². The topological polar surface area (TPSA) is 51.0 Å². The van der Waals surface area contributed by atoms with Crippen LogP contribution in [0, 0.1) is 5.92 Å². The number of amides is 1. The van der Waals surface area contributed by atoms with Crippen molar-refractivity contribution < 1.29 is 4.79 Å². The molecule has 1 aliphatic carbocycles. The van der Waals surface area contributed by atoms with Crippen LogP contribution in [0.25, 0.3) is 0 Å². The van der Waals surface area contributed by atoms with Gasteiger partial charge in [0, 0.05) is 38.4 Å². The molecular weight excluding hydrogens is 312 g/mol. The van der Waals surface area contributed by atoms with E-state index in [4.69, 9.17) is 0 Å². The van der Waals surface area contributed by atoms with Gasteiger partial charge in [0.25, 0.3) is 0 Å². The second kappa shape index (κ2) is 7.88. The van der Waals surface area contributed by atoms with Gasteiger partial charge in [-0.1, -0.05) is 32.1 Å². The fourth-order valence-corrected chi connectivity index (χ4v) is 5.01. The van der Waals surface area contributed by atoms with Crippen molar-refractivity contribution in [1.82, 2.24) is 19.7 Å². The number of carbonyl (C=O) groups is 1. The van der Waals surface area contributed by atoms with Gasteiger partial charge in [-0.3, -0.25) is 4.79 Å². The van der Waals surface area contributed by atoms with E-state index in [1.807, 2.05) is 0 Å². The van der Waals surface area contributed by atoms with Gasteiger partial charge >= 0.3 is 0 Å². The Morgan fingerprint density at radius 2 is 1.84 bits per heavy atom. The molecule has 1 saturated heterocycles. The van der Waals surface area contributed by atoms with Crippen LogP contribution in [-0.4, -0.2) is 38.7 Å². The molecule has 0 bridgehead atoms. The summed E-state index contributed by atoms with van der Waals surface area (Å²) in [6, 6.07) is 0. The minimum atomic E-state index is 0.368. The van der Waals surface area contributed by atoms with Gasteiger partial charge in [0.05, 0.1) is 0 Å². The summed E-state index contributed by atoms with van der Waals surface area (Å²) in [6.07, 6.45) is 14.3. The van der Waals surface area contributed by atoms with Crippen LogP contribution in [0.3, 0.4) is 0 Å². The third-order valence-corrected chi connectivity index (χ3v) is 6.52. The van der Waals surface area contributed by atoms with Gasteiger partial charge in [-0.05, 0) is 38.0 Å². The molecular formula is C20H32N4O. The van der Waals surface area contributed by atoms with Gasteiger partial charge in [0.2, 0.25) is 5.91 Å². The highest BCUT2D eigenvalue weighted by atomic mass is 16.2. The van der Waals surface area contributed by atoms with Gasteiger partial charge in [-0.2, -0.15) is 0 Å². The second-order valence-corrected chi connectivity index (χ2v) is 8.30. The highest BCUT2D eigenvalue weighted by molar-refractivity contribution is 5.76. The van der Waals surface area contributed by atoms with Crippen LogP contribution in [0.4, 0.5) is 0 Å². The van der Waals surface area contributed by atoms with Crippen molar-refractivity contribution >= 4 is 5.91 Å². The van der Waals surface area contributed by atoms with E-state index < -0.39 is 0 Å². The first-order valence-corrected chi connectivity index (χ1v) is 10.5. The second-order valence-electron chi connectivity index (χ2n) is 8.30. The molecule has 3 aliphatic rings. The molecule has 2 fully saturated rings. The largest absolute Gasteiger partial charge is 0.342 e. The molecule has 0 spiro atoms. The molecule has 0 aromatic carbocycles. The molecule has 5 heteroatoms. The van der Waals surface area contributed by atoms with Crippen LogP contribution in [0.5, 0.6) is 0 Å². The summed E-state index contributed by atoms with van der Waals surface area (Å²) in [5.74, 6) is 3.86. The number of piperidine rings is 1. The van der Waals surface area contributed by atoms with Crippen molar-refractivity contribution in [2.24, 2.45) is 5.92 Å². The van der Waals surface area contributed by atoms with E-state index >= 15 is 0 Å². The van der Waals surface area contributed by atoms with E-state index in [-0.39, 0.29) is 0 Å². The summed E-state index contributed by atoms with van der Waals surface area (Å²) >= 11 is 0. The Bertz CT molecular complexity index is 591. The number of hydrogen-bond acceptors (Lipinski definition) is 3. The maximum atomic E-state index is 12.7. The lowest BCUT2D eigenvalue weighted by molar-refractivity contribution is -0.132. The Hall–Kier alpha value is -1.39. The SMILES string of the molecule is O=C(CCC1CCCC1)N1CCC[C@H](c2nnc3n2CCCCC3)C1. The smallest absolute Gasteiger partial charge is 0.222 e. The van der Waals surface area contributed by atoms with Gasteiger partial charge in [-0.25, -0.2) is 0 Å². The summed E-state index contributed by atoms with van der Waals surface area (Å²) in [6.45, 7) is 2.84. The maximum absolute atomic E-state index is 12.7. The standard InChI is InChI=1S/C20H32N4O/c25-19(12-11-16-7-3-4-8-16)23-13-6-9-17(15-23)20-22-21-18-10-2-1-5-14-24(18)20/h16-17H,1-15H2/t17-/m0/s1. The average molecular weight is 345 g/mol. The Morgan fingerprint density at radius 3 is 2.72 bits per heavy atom. The molecule has 2 aliphatic heterocycles. The lowest BCUT2D eigenvalue weighted by atomic mass is 9.95. The van der Waals surface area contributed by atoms with Crippen molar-refractivity contribution in [3.8, 4) is 0 Å². The van der Waals surface area contributed by atoms with E-state index in [1.165, 1.54) is 44.9 Å². The van der Waals surface area contributed by atoms with Gasteiger partial charge in [0.15, 0.2) is 0 Å². The third-order valence-electron chi connectivity index (χ3n) is 6.52. The van der Waals surface area contributed by atoms with Crippen LogP contribution in [0.15, 0.2) is 0 Å². The number of aryl methyl sites for hydroxylation is 1. The maximum Gasteiger partial charge on any atom is 0.222 e. The van der Waals surface area contributed by atoms with Crippen molar-refractivity contribution in [1.29, 1.82) is 0 Å². The Labute approximate surface area is 151 Å². The van der Waals surface area contributed by atoms with Gasteiger partial charge in [0.1, 0.15) is 11.6 Å². The molecule has 0 unspecified atom stereocenters. The van der Waals surface area contributed by atoms with Crippen LogP contribution >= 0.6 is 0 Å². The molecule has 1 amide bonds. The molecule has 1 aromatic heterocycles. The summed E-state index contributed by atoms with van der Waals surface area (Å²) in [5.41, 5.74) is 0. The monoisotopic (exact) mass is 344 g/mol. The fraction of sp³-hybridized carbons (Fsp3) is 0.850. The van der Waals surface area contributed by atoms with Gasteiger partial charge < -0.3 is 9.47 Å². The summed E-state index contributed by atoms with van der Waals surface area (Å²) in [5, 5.41) is 9.00. The minimum Gasteiger partial charge on any atom is -0.342 e. The number of likely N-dealkylation sites (tertiary alicyclic amines) is 1. The quantitative estimate of drug-likeness (QED) is 0.837. The first-order valence-electron chi connectivity index (χ1n) is 10.5. The van der Waals surface area contributed by atoms with Crippen molar-refractivity contribution in [3.05, 3.63) is 11.6 Å². The summed E-state index contributed by atoms with van der Waals surface area (Å²) < 4.78 is 2.37. The number of aromatic nitrogens is 3. The van der Waals surface area contributed by atoms with Gasteiger partial charge in [-0.15, -0.1) is 10.2 Å². The van der Waals surface area contributed by atoms with E-state index in [0.29, 0.717) is 11.8 Å². The van der Waals surface area contributed by atoms with E-state index in [0.717, 1.165) is 69.3 Å². The molecule has 1 saturated carbocycles. The van der Waals surface area contributed by atoms with E-state index in [2.05, 4.69) is 19.7 Å². The molecule has 0 radical (unpaired) electrons. The number of hydrogen-bond donors (Lipinski definition) is 0. The zero-order chi connectivity index (χ0) is 17.1. The molecule has 0 N–H and O–H groups in total. The minimum absolute atomic E-state index is 0.368. The molecule has 1 atom stereocenters. The predicted octanol–water partition coefficient (Wildman–Crippen LogP) is 3.68. The van der Waals surface area contributed by atoms with E-state index in [1.54, 1.807) is 0 Å². The lowest BCUT2D eigenvalue weighted by Gasteiger charge is -2.32. The third kappa shape index (κ3) is 3.90. The van der Waals surface area contributed by atoms with Crippen molar-refractivity contribution in [2.75, 3.05) is 13.1 Å². The molecule has 138 valence electrons. The van der Waals surface area contributed by atoms with Crippen LogP contribution in [0.2, 0.25) is 0 Å². The predicted molar refractivity (Wildman–Crippen MR) is 97.3 cm³/mol. The normalized spacial score (nSPS) is 25.0. The number of nitrogens with zero attached hydrogens (tertiary/aromatic N) is 4. The zero-order valence-corrected chi connectivity index (χ0v) is 15.5. The van der Waals surface area contributed by atoms with Crippen LogP contribution in [-0.2, 0) is 17.8 Å². The molecule has 3 heterocycles. The zero-order valence-electron chi connectivity index (χ0n) is 15.5. The number of rotatable bonds is 4. The first kappa shape index (κ1) is 17.0. The van der Waals surface area contributed by atoms with Crippen LogP contribution in [0.1, 0.15) is 88.2 Å². The molecule has 1 aromatic rings. The Kier molecular flexibility index (Phi) is 5.37.